The minimum atomic E-state index is 0.479. The van der Waals surface area contributed by atoms with Crippen LogP contribution in [0.4, 0.5) is 17.2 Å². The lowest BCUT2D eigenvalue weighted by Crippen LogP contribution is -1.95. The van der Waals surface area contributed by atoms with E-state index in [0.29, 0.717) is 10.8 Å². The van der Waals surface area contributed by atoms with Crippen molar-refractivity contribution < 1.29 is 4.74 Å². The first-order valence-electron chi connectivity index (χ1n) is 5.01. The number of nitrogens with zero attached hydrogens (tertiary/aromatic N) is 1. The van der Waals surface area contributed by atoms with Gasteiger partial charge in [-0.3, -0.25) is 0 Å². The molecule has 2 aromatic rings. The van der Waals surface area contributed by atoms with E-state index >= 15 is 0 Å². The number of halogens is 1. The van der Waals surface area contributed by atoms with Crippen LogP contribution in [0.3, 0.4) is 0 Å². The molecule has 3 N–H and O–H groups in total. The van der Waals surface area contributed by atoms with E-state index in [2.05, 4.69) is 10.3 Å². The molecule has 88 valence electrons. The van der Waals surface area contributed by atoms with Crippen molar-refractivity contribution in [1.82, 2.24) is 4.98 Å². The minimum absolute atomic E-state index is 0.479. The van der Waals surface area contributed by atoms with Gasteiger partial charge in [0.2, 0.25) is 0 Å². The van der Waals surface area contributed by atoms with Crippen LogP contribution in [-0.4, -0.2) is 12.1 Å². The van der Waals surface area contributed by atoms with Crippen LogP contribution >= 0.6 is 11.6 Å². The molecule has 2 rings (SSSR count). The molecule has 0 atom stereocenters. The summed E-state index contributed by atoms with van der Waals surface area (Å²) in [5.41, 5.74) is 7.09. The molecule has 0 bridgehead atoms. The monoisotopic (exact) mass is 249 g/mol. The predicted molar refractivity (Wildman–Crippen MR) is 69.9 cm³/mol. The van der Waals surface area contributed by atoms with Crippen molar-refractivity contribution in [3.05, 3.63) is 41.6 Å². The molecule has 0 spiro atoms. The molecule has 1 aromatic carbocycles. The van der Waals surface area contributed by atoms with E-state index in [4.69, 9.17) is 22.1 Å². The lowest BCUT2D eigenvalue weighted by atomic mass is 10.3. The van der Waals surface area contributed by atoms with Crippen LogP contribution < -0.4 is 15.8 Å². The highest BCUT2D eigenvalue weighted by molar-refractivity contribution is 6.33. The Morgan fingerprint density at radius 1 is 1.29 bits per heavy atom. The van der Waals surface area contributed by atoms with E-state index in [-0.39, 0.29) is 0 Å². The first-order valence-corrected chi connectivity index (χ1v) is 5.39. The smallest absolute Gasteiger partial charge is 0.123 e. The van der Waals surface area contributed by atoms with E-state index in [1.807, 2.05) is 12.1 Å². The number of hydrogen-bond acceptors (Lipinski definition) is 4. The van der Waals surface area contributed by atoms with Crippen molar-refractivity contribution in [3.8, 4) is 5.75 Å². The molecule has 0 saturated carbocycles. The highest BCUT2D eigenvalue weighted by Crippen LogP contribution is 2.29. The van der Waals surface area contributed by atoms with Gasteiger partial charge in [0, 0.05) is 6.07 Å². The predicted octanol–water partition coefficient (Wildman–Crippen LogP) is 3.07. The number of pyridine rings is 1. The third-order valence-corrected chi connectivity index (χ3v) is 2.57. The van der Waals surface area contributed by atoms with E-state index < -0.39 is 0 Å². The van der Waals surface area contributed by atoms with E-state index in [1.165, 1.54) is 0 Å². The Hall–Kier alpha value is -1.94. The second-order valence-corrected chi connectivity index (χ2v) is 3.85. The Morgan fingerprint density at radius 2 is 2.12 bits per heavy atom. The molecule has 5 heteroatoms. The van der Waals surface area contributed by atoms with Gasteiger partial charge in [0.1, 0.15) is 11.6 Å². The zero-order chi connectivity index (χ0) is 12.3. The van der Waals surface area contributed by atoms with Gasteiger partial charge < -0.3 is 15.8 Å². The van der Waals surface area contributed by atoms with Crippen LogP contribution in [0.25, 0.3) is 0 Å². The molecule has 0 fully saturated rings. The summed E-state index contributed by atoms with van der Waals surface area (Å²) in [7, 11) is 1.61. The molecule has 0 radical (unpaired) electrons. The summed E-state index contributed by atoms with van der Waals surface area (Å²) < 4.78 is 5.13. The average Bonchev–Trinajstić information content (AvgIpc) is 2.35. The van der Waals surface area contributed by atoms with Crippen LogP contribution in [0, 0.1) is 0 Å². The second kappa shape index (κ2) is 4.93. The minimum Gasteiger partial charge on any atom is -0.497 e. The molecule has 1 aromatic heterocycles. The van der Waals surface area contributed by atoms with Gasteiger partial charge in [0.05, 0.1) is 29.7 Å². The molecule has 0 aliphatic heterocycles. The lowest BCUT2D eigenvalue weighted by Gasteiger charge is -2.09. The fourth-order valence-corrected chi connectivity index (χ4v) is 1.53. The Kier molecular flexibility index (Phi) is 3.35. The third-order valence-electron chi connectivity index (χ3n) is 2.24. The first-order chi connectivity index (χ1) is 8.19. The van der Waals surface area contributed by atoms with E-state index in [9.17, 15) is 0 Å². The van der Waals surface area contributed by atoms with Crippen molar-refractivity contribution in [1.29, 1.82) is 0 Å². The van der Waals surface area contributed by atoms with Gasteiger partial charge in [-0.1, -0.05) is 11.6 Å². The molecule has 0 saturated heterocycles. The zero-order valence-corrected chi connectivity index (χ0v) is 10.0. The number of aromatic nitrogens is 1. The van der Waals surface area contributed by atoms with Crippen LogP contribution in [0.2, 0.25) is 5.02 Å². The number of hydrogen-bond donors (Lipinski definition) is 2. The Labute approximate surface area is 104 Å². The van der Waals surface area contributed by atoms with Gasteiger partial charge in [-0.05, 0) is 24.3 Å². The summed E-state index contributed by atoms with van der Waals surface area (Å²) in [6.45, 7) is 0. The summed E-state index contributed by atoms with van der Waals surface area (Å²) in [6, 6.07) is 8.94. The van der Waals surface area contributed by atoms with Gasteiger partial charge in [-0.15, -0.1) is 0 Å². The van der Waals surface area contributed by atoms with Gasteiger partial charge in [0.25, 0.3) is 0 Å². The molecule has 1 heterocycles. The third kappa shape index (κ3) is 2.79. The molecule has 0 unspecified atom stereocenters. The number of ether oxygens (including phenoxy) is 1. The van der Waals surface area contributed by atoms with Crippen molar-refractivity contribution in [2.24, 2.45) is 0 Å². The largest absolute Gasteiger partial charge is 0.497 e. The summed E-state index contributed by atoms with van der Waals surface area (Å²) >= 11 is 6.07. The van der Waals surface area contributed by atoms with Crippen molar-refractivity contribution in [3.63, 3.8) is 0 Å². The van der Waals surface area contributed by atoms with Gasteiger partial charge in [-0.2, -0.15) is 0 Å². The van der Waals surface area contributed by atoms with Crippen LogP contribution in [0.1, 0.15) is 0 Å². The van der Waals surface area contributed by atoms with Crippen molar-refractivity contribution in [2.45, 2.75) is 0 Å². The van der Waals surface area contributed by atoms with E-state index in [1.54, 1.807) is 31.5 Å². The fraction of sp³-hybridized carbons (Fsp3) is 0.0833. The zero-order valence-electron chi connectivity index (χ0n) is 9.27. The molecule has 0 aliphatic rings. The molecule has 0 aliphatic carbocycles. The molecular weight excluding hydrogens is 238 g/mol. The molecule has 17 heavy (non-hydrogen) atoms. The van der Waals surface area contributed by atoms with Crippen molar-refractivity contribution >= 4 is 28.8 Å². The maximum Gasteiger partial charge on any atom is 0.123 e. The van der Waals surface area contributed by atoms with E-state index in [0.717, 1.165) is 17.1 Å². The highest BCUT2D eigenvalue weighted by atomic mass is 35.5. The second-order valence-electron chi connectivity index (χ2n) is 3.44. The van der Waals surface area contributed by atoms with Gasteiger partial charge in [-0.25, -0.2) is 4.98 Å². The number of nitrogen functional groups attached to an aromatic ring is 1. The summed E-state index contributed by atoms with van der Waals surface area (Å²) in [5, 5.41) is 3.76. The van der Waals surface area contributed by atoms with Gasteiger partial charge >= 0.3 is 0 Å². The Balaban J connectivity index is 2.25. The molecule has 4 nitrogen and oxygen atoms in total. The lowest BCUT2D eigenvalue weighted by molar-refractivity contribution is 0.415. The number of rotatable bonds is 3. The molecule has 0 amide bonds. The fourth-order valence-electron chi connectivity index (χ4n) is 1.36. The number of methoxy groups -OCH3 is 1. The number of nitrogens with one attached hydrogen (secondary N) is 1. The topological polar surface area (TPSA) is 60.2 Å². The highest BCUT2D eigenvalue weighted by Gasteiger charge is 2.03. The maximum atomic E-state index is 6.07. The van der Waals surface area contributed by atoms with Crippen LogP contribution in [0.15, 0.2) is 36.5 Å². The Bertz CT molecular complexity index is 514. The first kappa shape index (κ1) is 11.5. The summed E-state index contributed by atoms with van der Waals surface area (Å²) in [6.07, 6.45) is 1.64. The van der Waals surface area contributed by atoms with Gasteiger partial charge in [0.15, 0.2) is 0 Å². The quantitative estimate of drug-likeness (QED) is 0.878. The van der Waals surface area contributed by atoms with Crippen LogP contribution in [0.5, 0.6) is 5.75 Å². The normalized spacial score (nSPS) is 10.0. The standard InChI is InChI=1S/C12H12ClN3O/c1-17-9-3-4-10(13)11(6-9)16-8-2-5-12(14)15-7-8/h2-7,16H,1H3,(H2,14,15). The van der Waals surface area contributed by atoms with Crippen molar-refractivity contribution in [2.75, 3.05) is 18.2 Å². The number of anilines is 3. The van der Waals surface area contributed by atoms with Crippen LogP contribution in [-0.2, 0) is 0 Å². The number of nitrogens with two attached hydrogens (primary N) is 1. The summed E-state index contributed by atoms with van der Waals surface area (Å²) in [5.74, 6) is 1.22. The SMILES string of the molecule is COc1ccc(Cl)c(Nc2ccc(N)nc2)c1. The Morgan fingerprint density at radius 3 is 2.76 bits per heavy atom. The average molecular weight is 250 g/mol. The summed E-state index contributed by atoms with van der Waals surface area (Å²) in [4.78, 5) is 3.99. The maximum absolute atomic E-state index is 6.07. The molecular formula is C12H12ClN3O. The number of benzene rings is 1.